The molecule has 0 bridgehead atoms. The highest BCUT2D eigenvalue weighted by Crippen LogP contribution is 2.46. The number of ether oxygens (including phenoxy) is 3. The molecule has 2 N–H and O–H groups in total. The van der Waals surface area contributed by atoms with Crippen molar-refractivity contribution in [3.05, 3.63) is 60.2 Å². The maximum atomic E-state index is 13.3. The minimum absolute atomic E-state index is 0.0363. The summed E-state index contributed by atoms with van der Waals surface area (Å²) in [6.07, 6.45) is -4.60. The number of alkyl halides is 3. The van der Waals surface area contributed by atoms with Crippen molar-refractivity contribution in [1.29, 1.82) is 0 Å². The first-order valence-corrected chi connectivity index (χ1v) is 10.5. The lowest BCUT2D eigenvalue weighted by atomic mass is 9.93. The number of fused-ring (bicyclic) bond motifs is 1. The molecule has 6 nitrogen and oxygen atoms in total. The van der Waals surface area contributed by atoms with Gasteiger partial charge in [0.2, 0.25) is 16.8 Å². The van der Waals surface area contributed by atoms with Crippen molar-refractivity contribution in [1.82, 2.24) is 0 Å². The lowest BCUT2D eigenvalue weighted by Crippen LogP contribution is -2.13. The zero-order chi connectivity index (χ0) is 22.4. The van der Waals surface area contributed by atoms with Crippen LogP contribution in [0.3, 0.4) is 0 Å². The van der Waals surface area contributed by atoms with Gasteiger partial charge in [0, 0.05) is 5.56 Å². The second kappa shape index (κ2) is 7.47. The predicted octanol–water partition coefficient (Wildman–Crippen LogP) is 4.42. The molecule has 0 aromatic heterocycles. The van der Waals surface area contributed by atoms with E-state index in [-0.39, 0.29) is 23.0 Å². The fourth-order valence-corrected chi connectivity index (χ4v) is 4.19. The smallest absolute Gasteiger partial charge is 0.419 e. The minimum atomic E-state index is -4.60. The Balaban J connectivity index is 1.99. The zero-order valence-electron chi connectivity index (χ0n) is 16.1. The van der Waals surface area contributed by atoms with Crippen LogP contribution in [-0.2, 0) is 16.2 Å². The fraction of sp³-hybridized carbons (Fsp3) is 0.143. The topological polar surface area (TPSA) is 87.9 Å². The van der Waals surface area contributed by atoms with E-state index in [1.807, 2.05) is 0 Å². The highest BCUT2D eigenvalue weighted by Gasteiger charge is 2.34. The molecule has 0 unspecified atom stereocenters. The van der Waals surface area contributed by atoms with Gasteiger partial charge in [-0.3, -0.25) is 0 Å². The number of hydrogen-bond donors (Lipinski definition) is 1. The lowest BCUT2D eigenvalue weighted by Gasteiger charge is -2.17. The molecule has 162 valence electrons. The van der Waals surface area contributed by atoms with Crippen LogP contribution in [0.4, 0.5) is 13.2 Å². The van der Waals surface area contributed by atoms with Crippen LogP contribution in [0.25, 0.3) is 22.3 Å². The molecule has 0 fully saturated rings. The number of halogens is 3. The SMILES string of the molecule is COc1cc(-c2cc3c(cc2-c2ccccc2S(N)(=O)=O)OCO3)ccc1C(F)(F)F. The van der Waals surface area contributed by atoms with Crippen molar-refractivity contribution < 1.29 is 35.8 Å². The molecule has 31 heavy (non-hydrogen) atoms. The van der Waals surface area contributed by atoms with Crippen molar-refractivity contribution in [2.75, 3.05) is 13.9 Å². The van der Waals surface area contributed by atoms with Crippen molar-refractivity contribution in [3.8, 4) is 39.5 Å². The van der Waals surface area contributed by atoms with Gasteiger partial charge in [-0.2, -0.15) is 13.2 Å². The van der Waals surface area contributed by atoms with E-state index in [2.05, 4.69) is 0 Å². The molecular weight excluding hydrogens is 435 g/mol. The van der Waals surface area contributed by atoms with Crippen LogP contribution < -0.4 is 19.3 Å². The number of sulfonamides is 1. The number of methoxy groups -OCH3 is 1. The van der Waals surface area contributed by atoms with E-state index in [1.165, 1.54) is 24.3 Å². The molecule has 4 rings (SSSR count). The van der Waals surface area contributed by atoms with E-state index < -0.39 is 21.8 Å². The quantitative estimate of drug-likeness (QED) is 0.634. The zero-order valence-corrected chi connectivity index (χ0v) is 16.9. The second-order valence-corrected chi connectivity index (χ2v) is 8.23. The van der Waals surface area contributed by atoms with Gasteiger partial charge in [0.15, 0.2) is 11.5 Å². The first-order valence-electron chi connectivity index (χ1n) is 8.91. The molecule has 0 amide bonds. The maximum absolute atomic E-state index is 13.3. The van der Waals surface area contributed by atoms with E-state index in [9.17, 15) is 21.6 Å². The monoisotopic (exact) mass is 451 g/mol. The van der Waals surface area contributed by atoms with Crippen LogP contribution in [0.5, 0.6) is 17.2 Å². The Hall–Kier alpha value is -3.24. The first-order chi connectivity index (χ1) is 14.6. The molecule has 0 aliphatic carbocycles. The molecule has 0 spiro atoms. The summed E-state index contributed by atoms with van der Waals surface area (Å²) in [5.41, 5.74) is 0.536. The van der Waals surface area contributed by atoms with Gasteiger partial charge in [-0.05, 0) is 47.0 Å². The third kappa shape index (κ3) is 3.91. The fourth-order valence-electron chi connectivity index (χ4n) is 3.43. The Kier molecular flexibility index (Phi) is 5.06. The third-order valence-corrected chi connectivity index (χ3v) is 5.78. The summed E-state index contributed by atoms with van der Waals surface area (Å²) in [5, 5.41) is 5.38. The van der Waals surface area contributed by atoms with Crippen molar-refractivity contribution in [3.63, 3.8) is 0 Å². The van der Waals surface area contributed by atoms with Crippen molar-refractivity contribution in [2.24, 2.45) is 5.14 Å². The van der Waals surface area contributed by atoms with E-state index in [4.69, 9.17) is 19.3 Å². The molecule has 0 atom stereocenters. The van der Waals surface area contributed by atoms with Crippen molar-refractivity contribution >= 4 is 10.0 Å². The normalized spacial score (nSPS) is 13.3. The Bertz CT molecular complexity index is 1270. The second-order valence-electron chi connectivity index (χ2n) is 6.71. The number of primary sulfonamides is 1. The number of hydrogen-bond acceptors (Lipinski definition) is 5. The Labute approximate surface area is 176 Å². The van der Waals surface area contributed by atoms with Gasteiger partial charge in [0.1, 0.15) is 5.75 Å². The van der Waals surface area contributed by atoms with E-state index >= 15 is 0 Å². The molecule has 3 aromatic rings. The Morgan fingerprint density at radius 1 is 0.935 bits per heavy atom. The summed E-state index contributed by atoms with van der Waals surface area (Å²) >= 11 is 0. The molecule has 10 heteroatoms. The summed E-state index contributed by atoms with van der Waals surface area (Å²) in [6.45, 7) is -0.0363. The van der Waals surface area contributed by atoms with Crippen LogP contribution in [0, 0.1) is 0 Å². The largest absolute Gasteiger partial charge is 0.496 e. The summed E-state index contributed by atoms with van der Waals surface area (Å²) in [6, 6.07) is 12.7. The summed E-state index contributed by atoms with van der Waals surface area (Å²) < 4.78 is 79.9. The lowest BCUT2D eigenvalue weighted by molar-refractivity contribution is -0.138. The Morgan fingerprint density at radius 2 is 1.58 bits per heavy atom. The van der Waals surface area contributed by atoms with E-state index in [0.717, 1.165) is 13.2 Å². The van der Waals surface area contributed by atoms with Crippen molar-refractivity contribution in [2.45, 2.75) is 11.1 Å². The van der Waals surface area contributed by atoms with E-state index in [0.29, 0.717) is 28.2 Å². The summed E-state index contributed by atoms with van der Waals surface area (Å²) in [7, 11) is -2.94. The number of nitrogens with two attached hydrogens (primary N) is 1. The minimum Gasteiger partial charge on any atom is -0.496 e. The van der Waals surface area contributed by atoms with Gasteiger partial charge in [0.25, 0.3) is 0 Å². The third-order valence-electron chi connectivity index (χ3n) is 4.81. The Morgan fingerprint density at radius 3 is 2.19 bits per heavy atom. The van der Waals surface area contributed by atoms with Gasteiger partial charge in [-0.1, -0.05) is 24.3 Å². The molecule has 0 saturated carbocycles. The first kappa shape index (κ1) is 21.0. The highest BCUT2D eigenvalue weighted by molar-refractivity contribution is 7.89. The summed E-state index contributed by atoms with van der Waals surface area (Å²) in [4.78, 5) is -0.131. The molecule has 0 saturated heterocycles. The molecule has 1 aliphatic heterocycles. The molecular formula is C21H16F3NO5S. The molecule has 1 aliphatic rings. The number of benzene rings is 3. The predicted molar refractivity (Wildman–Crippen MR) is 106 cm³/mol. The van der Waals surface area contributed by atoms with Gasteiger partial charge in [0.05, 0.1) is 17.6 Å². The maximum Gasteiger partial charge on any atom is 0.419 e. The van der Waals surface area contributed by atoms with Gasteiger partial charge in [-0.25, -0.2) is 13.6 Å². The van der Waals surface area contributed by atoms with Gasteiger partial charge in [-0.15, -0.1) is 0 Å². The average Bonchev–Trinajstić information content (AvgIpc) is 3.18. The van der Waals surface area contributed by atoms with Crippen LogP contribution >= 0.6 is 0 Å². The molecule has 1 heterocycles. The summed E-state index contributed by atoms with van der Waals surface area (Å²) in [5.74, 6) is 0.390. The standard InChI is InChI=1S/C21H16F3NO5S/c1-28-17-8-12(6-7-16(17)21(22,23)24)14-9-18-19(30-11-29-18)10-15(14)13-4-2-3-5-20(13)31(25,26)27/h2-10H,11H2,1H3,(H2,25,26,27). The number of rotatable bonds is 4. The van der Waals surface area contributed by atoms with Gasteiger partial charge >= 0.3 is 6.18 Å². The molecule has 3 aromatic carbocycles. The van der Waals surface area contributed by atoms with Crippen LogP contribution in [0.1, 0.15) is 5.56 Å². The van der Waals surface area contributed by atoms with Crippen LogP contribution in [0.15, 0.2) is 59.5 Å². The highest BCUT2D eigenvalue weighted by atomic mass is 32.2. The average molecular weight is 451 g/mol. The van der Waals surface area contributed by atoms with Crippen LogP contribution in [-0.4, -0.2) is 22.3 Å². The molecule has 0 radical (unpaired) electrons. The van der Waals surface area contributed by atoms with Crippen LogP contribution in [0.2, 0.25) is 0 Å². The van der Waals surface area contributed by atoms with Gasteiger partial charge < -0.3 is 14.2 Å². The van der Waals surface area contributed by atoms with E-state index in [1.54, 1.807) is 24.3 Å².